The highest BCUT2D eigenvalue weighted by atomic mass is 79.9. The van der Waals surface area contributed by atoms with Crippen molar-refractivity contribution in [3.63, 3.8) is 0 Å². The van der Waals surface area contributed by atoms with E-state index in [4.69, 9.17) is 0 Å². The molecule has 4 nitrogen and oxygen atoms in total. The largest absolute Gasteiger partial charge is 0.385 e. The van der Waals surface area contributed by atoms with Gasteiger partial charge in [-0.2, -0.15) is 0 Å². The summed E-state index contributed by atoms with van der Waals surface area (Å²) in [5.74, 6) is 0. The second-order valence-corrected chi connectivity index (χ2v) is 7.95. The molecule has 6 heteroatoms. The molecular formula is C22H23BBrN3O+. The van der Waals surface area contributed by atoms with E-state index < -0.39 is 6.10 Å². The summed E-state index contributed by atoms with van der Waals surface area (Å²) < 4.78 is 5.30. The van der Waals surface area contributed by atoms with Crippen molar-refractivity contribution in [2.75, 3.05) is 12.4 Å². The predicted molar refractivity (Wildman–Crippen MR) is 121 cm³/mol. The molecule has 28 heavy (non-hydrogen) atoms. The second kappa shape index (κ2) is 7.98. The third kappa shape index (κ3) is 3.67. The summed E-state index contributed by atoms with van der Waals surface area (Å²) in [6, 6.07) is 16.8. The minimum absolute atomic E-state index is 0.503. The minimum atomic E-state index is -0.503. The molecule has 0 amide bonds. The Bertz CT molecular complexity index is 1140. The van der Waals surface area contributed by atoms with Gasteiger partial charge in [0.05, 0.1) is 12.2 Å². The molecule has 2 aromatic carbocycles. The molecule has 2 N–H and O–H groups in total. The highest BCUT2D eigenvalue weighted by molar-refractivity contribution is 9.10. The lowest BCUT2D eigenvalue weighted by molar-refractivity contribution is -0.703. The molecule has 0 fully saturated rings. The van der Waals surface area contributed by atoms with Crippen LogP contribution < -0.4 is 15.3 Å². The van der Waals surface area contributed by atoms with Gasteiger partial charge in [0.2, 0.25) is 0 Å². The minimum Gasteiger partial charge on any atom is -0.385 e. The van der Waals surface area contributed by atoms with Crippen molar-refractivity contribution in [2.45, 2.75) is 26.0 Å². The smallest absolute Gasteiger partial charge is 0.192 e. The van der Waals surface area contributed by atoms with E-state index >= 15 is 0 Å². The predicted octanol–water partition coefficient (Wildman–Crippen LogP) is 3.32. The number of aliphatic hydroxyl groups excluding tert-OH is 1. The van der Waals surface area contributed by atoms with Crippen LogP contribution in [0.4, 0.5) is 5.69 Å². The molecule has 0 aliphatic heterocycles. The normalized spacial score (nSPS) is 12.4. The van der Waals surface area contributed by atoms with Crippen molar-refractivity contribution in [1.29, 1.82) is 0 Å². The zero-order valence-corrected chi connectivity index (χ0v) is 17.6. The molecule has 0 saturated heterocycles. The summed E-state index contributed by atoms with van der Waals surface area (Å²) in [5.41, 5.74) is 4.51. The van der Waals surface area contributed by atoms with Crippen LogP contribution in [0.1, 0.15) is 0 Å². The number of anilines is 1. The molecule has 2 heterocycles. The molecule has 0 aliphatic rings. The number of halogens is 1. The molecule has 4 rings (SSSR count). The summed E-state index contributed by atoms with van der Waals surface area (Å²) in [6.45, 7) is 3.12. The van der Waals surface area contributed by atoms with Crippen LogP contribution in [-0.2, 0) is 13.1 Å². The highest BCUT2D eigenvalue weighted by Gasteiger charge is 2.17. The first-order valence-corrected chi connectivity index (χ1v) is 10.2. The van der Waals surface area contributed by atoms with Gasteiger partial charge >= 0.3 is 0 Å². The monoisotopic (exact) mass is 435 g/mol. The van der Waals surface area contributed by atoms with Gasteiger partial charge in [0.25, 0.3) is 0 Å². The van der Waals surface area contributed by atoms with Crippen molar-refractivity contribution >= 4 is 56.2 Å². The summed E-state index contributed by atoms with van der Waals surface area (Å²) >= 11 is 3.60. The summed E-state index contributed by atoms with van der Waals surface area (Å²) in [5, 5.41) is 16.4. The van der Waals surface area contributed by atoms with Crippen LogP contribution in [0.5, 0.6) is 0 Å². The average Bonchev–Trinajstić information content (AvgIpc) is 3.00. The Morgan fingerprint density at radius 1 is 1.14 bits per heavy atom. The van der Waals surface area contributed by atoms with E-state index in [9.17, 15) is 5.11 Å². The zero-order chi connectivity index (χ0) is 19.7. The maximum absolute atomic E-state index is 10.8. The van der Waals surface area contributed by atoms with Crippen molar-refractivity contribution in [1.82, 2.24) is 4.57 Å². The summed E-state index contributed by atoms with van der Waals surface area (Å²) in [4.78, 5) is 0. The SMILES string of the molecule is C[B]c1ccc2c(c1)c1cc(Br)ccc1n2CC(O)C[n+]1cccc(NC)c1. The van der Waals surface area contributed by atoms with E-state index in [1.807, 2.05) is 36.1 Å². The van der Waals surface area contributed by atoms with E-state index in [2.05, 4.69) is 76.3 Å². The lowest BCUT2D eigenvalue weighted by Crippen LogP contribution is -2.40. The topological polar surface area (TPSA) is 41.1 Å². The average molecular weight is 436 g/mol. The van der Waals surface area contributed by atoms with Gasteiger partial charge in [0, 0.05) is 39.4 Å². The Balaban J connectivity index is 1.72. The van der Waals surface area contributed by atoms with Gasteiger partial charge in [0.1, 0.15) is 13.4 Å². The molecule has 2 aromatic heterocycles. The third-order valence-electron chi connectivity index (χ3n) is 5.15. The van der Waals surface area contributed by atoms with Crippen LogP contribution in [0, 0.1) is 0 Å². The van der Waals surface area contributed by atoms with Crippen LogP contribution in [0.3, 0.4) is 0 Å². The standard InChI is InChI=1S/C22H23BBrN3O/c1-23-15-5-7-21-19(10-15)20-11-16(24)6-8-22(20)27(21)14-18(28)13-26-9-3-4-17(12-26)25-2/h3-12,18,25,28H,13-14H2,1-2H3/q+1. The third-order valence-corrected chi connectivity index (χ3v) is 5.64. The van der Waals surface area contributed by atoms with Crippen LogP contribution in [-0.4, -0.2) is 30.1 Å². The van der Waals surface area contributed by atoms with E-state index in [1.54, 1.807) is 0 Å². The number of fused-ring (bicyclic) bond motifs is 3. The van der Waals surface area contributed by atoms with E-state index in [0.717, 1.165) is 21.2 Å². The Morgan fingerprint density at radius 3 is 2.64 bits per heavy atom. The van der Waals surface area contributed by atoms with E-state index in [1.165, 1.54) is 16.2 Å². The van der Waals surface area contributed by atoms with Crippen LogP contribution in [0.25, 0.3) is 21.8 Å². The Morgan fingerprint density at radius 2 is 1.89 bits per heavy atom. The van der Waals surface area contributed by atoms with Crippen molar-refractivity contribution in [2.24, 2.45) is 0 Å². The van der Waals surface area contributed by atoms with Crippen molar-refractivity contribution in [3.8, 4) is 0 Å². The molecule has 1 radical (unpaired) electrons. The quantitative estimate of drug-likeness (QED) is 0.360. The van der Waals surface area contributed by atoms with Gasteiger partial charge in [-0.25, -0.2) is 4.57 Å². The fourth-order valence-corrected chi connectivity index (χ4v) is 4.13. The number of aliphatic hydroxyl groups is 1. The first-order valence-electron chi connectivity index (χ1n) is 9.45. The molecule has 4 aromatic rings. The maximum Gasteiger partial charge on any atom is 0.192 e. The molecule has 0 bridgehead atoms. The molecule has 1 unspecified atom stereocenters. The number of nitrogens with one attached hydrogen (secondary N) is 1. The molecule has 0 spiro atoms. The molecule has 0 saturated carbocycles. The Hall–Kier alpha value is -2.31. The summed E-state index contributed by atoms with van der Waals surface area (Å²) in [6.07, 6.45) is 3.49. The van der Waals surface area contributed by atoms with Crippen LogP contribution in [0.15, 0.2) is 65.4 Å². The number of pyridine rings is 1. The van der Waals surface area contributed by atoms with Crippen molar-refractivity contribution in [3.05, 3.63) is 65.4 Å². The number of rotatable bonds is 6. The highest BCUT2D eigenvalue weighted by Crippen LogP contribution is 2.31. The lowest BCUT2D eigenvalue weighted by atomic mass is 9.73. The fraction of sp³-hybridized carbons (Fsp3) is 0.227. The first-order chi connectivity index (χ1) is 13.6. The van der Waals surface area contributed by atoms with Gasteiger partial charge in [-0.1, -0.05) is 40.3 Å². The van der Waals surface area contributed by atoms with Gasteiger partial charge in [0.15, 0.2) is 18.9 Å². The Labute approximate surface area is 174 Å². The van der Waals surface area contributed by atoms with E-state index in [0.29, 0.717) is 13.1 Å². The van der Waals surface area contributed by atoms with Crippen molar-refractivity contribution < 1.29 is 9.67 Å². The number of nitrogens with zero attached hydrogens (tertiary/aromatic N) is 2. The van der Waals surface area contributed by atoms with Gasteiger partial charge in [-0.15, -0.1) is 0 Å². The number of hydrogen-bond acceptors (Lipinski definition) is 2. The lowest BCUT2D eigenvalue weighted by Gasteiger charge is -2.12. The first kappa shape index (κ1) is 19.0. The Kier molecular flexibility index (Phi) is 5.42. The number of hydrogen-bond donors (Lipinski definition) is 2. The van der Waals surface area contributed by atoms with E-state index in [-0.39, 0.29) is 0 Å². The van der Waals surface area contributed by atoms with Crippen LogP contribution in [0.2, 0.25) is 6.82 Å². The molecule has 1 atom stereocenters. The fourth-order valence-electron chi connectivity index (χ4n) is 3.77. The molecular weight excluding hydrogens is 413 g/mol. The second-order valence-electron chi connectivity index (χ2n) is 7.03. The molecule has 141 valence electrons. The molecule has 0 aliphatic carbocycles. The zero-order valence-electron chi connectivity index (χ0n) is 16.1. The van der Waals surface area contributed by atoms with Crippen LogP contribution >= 0.6 is 15.9 Å². The van der Waals surface area contributed by atoms with Gasteiger partial charge in [-0.3, -0.25) is 0 Å². The van der Waals surface area contributed by atoms with Gasteiger partial charge in [-0.05, 0) is 30.3 Å². The van der Waals surface area contributed by atoms with Gasteiger partial charge < -0.3 is 15.0 Å². The maximum atomic E-state index is 10.8. The number of benzene rings is 2. The number of aromatic nitrogens is 2. The summed E-state index contributed by atoms with van der Waals surface area (Å²) in [7, 11) is 4.01.